The predicted molar refractivity (Wildman–Crippen MR) is 112 cm³/mol. The molecule has 2 fully saturated rings. The van der Waals surface area contributed by atoms with Crippen molar-refractivity contribution in [3.8, 4) is 0 Å². The van der Waals surface area contributed by atoms with E-state index in [0.717, 1.165) is 11.5 Å². The highest BCUT2D eigenvalue weighted by Crippen LogP contribution is 2.36. The van der Waals surface area contributed by atoms with Gasteiger partial charge in [0, 0.05) is 36.3 Å². The van der Waals surface area contributed by atoms with Crippen LogP contribution in [0.3, 0.4) is 0 Å². The predicted octanol–water partition coefficient (Wildman–Crippen LogP) is -0.393. The lowest BCUT2D eigenvalue weighted by Crippen LogP contribution is -2.69. The van der Waals surface area contributed by atoms with Gasteiger partial charge in [-0.15, -0.1) is 11.8 Å². The van der Waals surface area contributed by atoms with Crippen LogP contribution in [0.5, 0.6) is 0 Å². The molecule has 1 aliphatic carbocycles. The van der Waals surface area contributed by atoms with E-state index in [1.807, 2.05) is 0 Å². The highest BCUT2D eigenvalue weighted by molar-refractivity contribution is 8.00. The van der Waals surface area contributed by atoms with Crippen LogP contribution in [0.15, 0.2) is 16.9 Å². The molecular weight excluding hydrogens is 464 g/mol. The summed E-state index contributed by atoms with van der Waals surface area (Å²) in [5, 5.41) is 24.6. The molecule has 3 heterocycles. The first-order chi connectivity index (χ1) is 15.2. The van der Waals surface area contributed by atoms with Gasteiger partial charge in [-0.2, -0.15) is 9.36 Å². The Bertz CT molecular complexity index is 1050. The van der Waals surface area contributed by atoms with Crippen LogP contribution in [0.25, 0.3) is 0 Å². The van der Waals surface area contributed by atoms with E-state index in [9.17, 15) is 24.3 Å². The molecule has 0 bridgehead atoms. The van der Waals surface area contributed by atoms with Crippen molar-refractivity contribution in [1.82, 2.24) is 19.6 Å². The summed E-state index contributed by atoms with van der Waals surface area (Å²) in [5.41, 5.74) is 3.73. The van der Waals surface area contributed by atoms with Crippen molar-refractivity contribution < 1.29 is 34.2 Å². The summed E-state index contributed by atoms with van der Waals surface area (Å²) >= 11 is 2.01. The van der Waals surface area contributed by atoms with Crippen LogP contribution in [0.1, 0.15) is 31.5 Å². The van der Waals surface area contributed by atoms with E-state index in [1.54, 1.807) is 0 Å². The minimum absolute atomic E-state index is 0.0642. The molecule has 0 radical (unpaired) electrons. The minimum Gasteiger partial charge on any atom is -0.478 e. The van der Waals surface area contributed by atoms with Gasteiger partial charge in [0.25, 0.3) is 11.8 Å². The fourth-order valence-electron chi connectivity index (χ4n) is 3.58. The number of hydrogen-bond acceptors (Lipinski definition) is 11. The Kier molecular flexibility index (Phi) is 5.77. The monoisotopic (exact) mass is 482 g/mol. The number of nitrogens with two attached hydrogens (primary N) is 1. The summed E-state index contributed by atoms with van der Waals surface area (Å²) in [7, 11) is 0. The number of carbonyl (C=O) groups is 4. The molecule has 2 aliphatic heterocycles. The van der Waals surface area contributed by atoms with E-state index in [1.165, 1.54) is 22.9 Å². The topological polar surface area (TPSA) is 197 Å². The number of fused-ring (bicyclic) bond motifs is 1. The number of carboxylic acid groups (broad SMARTS) is 2. The van der Waals surface area contributed by atoms with E-state index in [-0.39, 0.29) is 35.1 Å². The van der Waals surface area contributed by atoms with Crippen molar-refractivity contribution in [2.24, 2.45) is 5.16 Å². The molecule has 4 rings (SSSR count). The Morgan fingerprint density at radius 1 is 1.31 bits per heavy atom. The zero-order chi connectivity index (χ0) is 23.0. The van der Waals surface area contributed by atoms with Gasteiger partial charge in [0.1, 0.15) is 11.4 Å². The van der Waals surface area contributed by atoms with Gasteiger partial charge in [-0.25, -0.2) is 9.59 Å². The van der Waals surface area contributed by atoms with Crippen molar-refractivity contribution in [3.05, 3.63) is 17.6 Å². The smallest absolute Gasteiger partial charge is 0.350 e. The third-order valence-electron chi connectivity index (χ3n) is 5.33. The Morgan fingerprint density at radius 3 is 2.62 bits per heavy atom. The summed E-state index contributed by atoms with van der Waals surface area (Å²) in [6.07, 6.45) is 3.01. The van der Waals surface area contributed by atoms with Crippen LogP contribution in [-0.2, 0) is 24.0 Å². The average Bonchev–Trinajstić information content (AvgIpc) is 3.41. The Morgan fingerprint density at radius 2 is 2.03 bits per heavy atom. The number of anilines is 1. The number of nitrogens with zero attached hydrogens (tertiary/aromatic N) is 4. The summed E-state index contributed by atoms with van der Waals surface area (Å²) in [6.45, 7) is 0. The maximum absolute atomic E-state index is 13.0. The van der Waals surface area contributed by atoms with Gasteiger partial charge in [-0.1, -0.05) is 5.16 Å². The molecule has 32 heavy (non-hydrogen) atoms. The molecule has 1 unspecified atom stereocenters. The van der Waals surface area contributed by atoms with Crippen LogP contribution in [0.4, 0.5) is 5.13 Å². The van der Waals surface area contributed by atoms with E-state index in [0.29, 0.717) is 12.8 Å². The number of nitrogen functional groups attached to an aromatic ring is 1. The number of β-lactam (4-membered cyclic amide) rings is 1. The van der Waals surface area contributed by atoms with E-state index in [2.05, 4.69) is 19.8 Å². The van der Waals surface area contributed by atoms with Gasteiger partial charge >= 0.3 is 11.9 Å². The molecule has 1 saturated heterocycles. The second-order valence-electron chi connectivity index (χ2n) is 7.35. The van der Waals surface area contributed by atoms with E-state index < -0.39 is 46.5 Å². The molecule has 2 amide bonds. The number of carbonyl (C=O) groups excluding carboxylic acids is 2. The average molecular weight is 483 g/mol. The standard InChI is InChI=1S/C17H18N6O7S2/c18-16-20-10(22-32-16)8(21-30-17(15(28)29)3-1-2-4-17)11(24)19-9-12(25)23-5-7(14(26)27)6-31-13(9)23/h5,9,13H,1-4,6H2,(H,19,24)(H,26,27)(H,28,29)(H2,18,20,22)/t9?,13-/m1/s1. The first kappa shape index (κ1) is 22.0. The highest BCUT2D eigenvalue weighted by atomic mass is 32.2. The van der Waals surface area contributed by atoms with Crippen molar-refractivity contribution in [3.63, 3.8) is 0 Å². The molecule has 2 atom stereocenters. The molecule has 1 saturated carbocycles. The van der Waals surface area contributed by atoms with Crippen LogP contribution < -0.4 is 11.1 Å². The molecule has 0 aromatic carbocycles. The molecular formula is C17H18N6O7S2. The van der Waals surface area contributed by atoms with Crippen molar-refractivity contribution in [1.29, 1.82) is 0 Å². The van der Waals surface area contributed by atoms with Crippen LogP contribution in [0, 0.1) is 0 Å². The minimum atomic E-state index is -1.55. The lowest BCUT2D eigenvalue weighted by atomic mass is 10.0. The lowest BCUT2D eigenvalue weighted by Gasteiger charge is -2.46. The summed E-state index contributed by atoms with van der Waals surface area (Å²) in [5.74, 6) is -3.61. The third kappa shape index (κ3) is 3.88. The SMILES string of the molecule is Nc1nc(C(=NOC2(C(=O)O)CCCC2)C(=O)NC2C(=O)N3C=C(C(=O)O)CS[C@H]23)ns1. The molecule has 5 N–H and O–H groups in total. The second kappa shape index (κ2) is 8.38. The fraction of sp³-hybridized carbons (Fsp3) is 0.471. The molecule has 13 nitrogen and oxygen atoms in total. The molecule has 3 aliphatic rings. The van der Waals surface area contributed by atoms with Crippen LogP contribution in [0.2, 0.25) is 0 Å². The number of carboxylic acids is 2. The summed E-state index contributed by atoms with van der Waals surface area (Å²) in [4.78, 5) is 58.7. The Balaban J connectivity index is 1.54. The van der Waals surface area contributed by atoms with Crippen molar-refractivity contribution in [2.45, 2.75) is 42.7 Å². The maximum Gasteiger partial charge on any atom is 0.350 e. The van der Waals surface area contributed by atoms with Gasteiger partial charge < -0.3 is 31.0 Å². The van der Waals surface area contributed by atoms with Crippen molar-refractivity contribution in [2.75, 3.05) is 11.5 Å². The summed E-state index contributed by atoms with van der Waals surface area (Å²) < 4.78 is 3.94. The van der Waals surface area contributed by atoms with Gasteiger partial charge in [-0.05, 0) is 12.8 Å². The number of aromatic nitrogens is 2. The van der Waals surface area contributed by atoms with Crippen LogP contribution >= 0.6 is 23.3 Å². The largest absolute Gasteiger partial charge is 0.478 e. The number of rotatable bonds is 7. The first-order valence-electron chi connectivity index (χ1n) is 9.49. The van der Waals surface area contributed by atoms with Crippen molar-refractivity contribution >= 4 is 57.9 Å². The number of hydrogen-bond donors (Lipinski definition) is 4. The number of oxime groups is 1. The fourth-order valence-corrected chi connectivity index (χ4v) is 5.26. The second-order valence-corrected chi connectivity index (χ2v) is 9.24. The zero-order valence-corrected chi connectivity index (χ0v) is 18.0. The third-order valence-corrected chi connectivity index (χ3v) is 7.19. The number of aliphatic carboxylic acids is 2. The maximum atomic E-state index is 13.0. The highest BCUT2D eigenvalue weighted by Gasteiger charge is 2.51. The molecule has 0 spiro atoms. The molecule has 15 heteroatoms. The Labute approximate surface area is 188 Å². The Hall–Kier alpha value is -3.20. The number of thioether (sulfide) groups is 1. The number of nitrogens with one attached hydrogen (secondary N) is 1. The first-order valence-corrected chi connectivity index (χ1v) is 11.3. The molecule has 170 valence electrons. The van der Waals surface area contributed by atoms with E-state index in [4.69, 9.17) is 15.7 Å². The normalized spacial score (nSPS) is 24.2. The van der Waals surface area contributed by atoms with Gasteiger partial charge in [0.15, 0.2) is 5.13 Å². The van der Waals surface area contributed by atoms with Crippen LogP contribution in [-0.4, -0.2) is 76.7 Å². The van der Waals surface area contributed by atoms with Gasteiger partial charge in [-0.3, -0.25) is 9.59 Å². The zero-order valence-electron chi connectivity index (χ0n) is 16.4. The molecule has 1 aromatic rings. The van der Waals surface area contributed by atoms with Gasteiger partial charge in [0.05, 0.1) is 5.57 Å². The quantitative estimate of drug-likeness (QED) is 0.224. The summed E-state index contributed by atoms with van der Waals surface area (Å²) in [6, 6.07) is -0.930. The lowest BCUT2D eigenvalue weighted by molar-refractivity contribution is -0.165. The van der Waals surface area contributed by atoms with Gasteiger partial charge in [0.2, 0.25) is 17.1 Å². The number of amides is 2. The molecule has 1 aromatic heterocycles. The van der Waals surface area contributed by atoms with E-state index >= 15 is 0 Å².